The van der Waals surface area contributed by atoms with E-state index in [2.05, 4.69) is 24.3 Å². The fraction of sp³-hybridized carbons (Fsp3) is 0.471. The van der Waals surface area contributed by atoms with Crippen LogP contribution in [0.4, 0.5) is 19.0 Å². The molecule has 0 saturated heterocycles. The van der Waals surface area contributed by atoms with Gasteiger partial charge in [-0.3, -0.25) is 0 Å². The number of alkyl halides is 3. The molecule has 0 unspecified atom stereocenters. The number of aromatic nitrogens is 2. The van der Waals surface area contributed by atoms with E-state index in [0.29, 0.717) is 5.82 Å². The van der Waals surface area contributed by atoms with Gasteiger partial charge in [0, 0.05) is 18.0 Å². The lowest BCUT2D eigenvalue weighted by Gasteiger charge is -2.14. The van der Waals surface area contributed by atoms with Crippen molar-refractivity contribution in [2.75, 3.05) is 11.9 Å². The first kappa shape index (κ1) is 15.9. The highest BCUT2D eigenvalue weighted by atomic mass is 19.4. The van der Waals surface area contributed by atoms with Crippen LogP contribution in [0, 0.1) is 0 Å². The molecule has 0 fully saturated rings. The molecule has 124 valence electrons. The summed E-state index contributed by atoms with van der Waals surface area (Å²) < 4.78 is 41.4. The Hall–Kier alpha value is -1.98. The van der Waals surface area contributed by atoms with Gasteiger partial charge in [0.2, 0.25) is 0 Å². The summed E-state index contributed by atoms with van der Waals surface area (Å²) >= 11 is 0. The third-order valence-corrected chi connectivity index (χ3v) is 4.49. The number of benzene rings is 1. The van der Waals surface area contributed by atoms with E-state index >= 15 is 0 Å². The Kier molecular flexibility index (Phi) is 4.08. The zero-order valence-corrected chi connectivity index (χ0v) is 13.2. The van der Waals surface area contributed by atoms with Crippen LogP contribution in [0.1, 0.15) is 49.4 Å². The summed E-state index contributed by atoms with van der Waals surface area (Å²) in [7, 11) is 0. The molecule has 23 heavy (non-hydrogen) atoms. The smallest absolute Gasteiger partial charge is 0.369 e. The summed E-state index contributed by atoms with van der Waals surface area (Å²) in [6.45, 7) is 4.92. The number of nitrogens with zero attached hydrogens (tertiary/aromatic N) is 2. The molecule has 3 nitrogen and oxygen atoms in total. The first-order valence-corrected chi connectivity index (χ1v) is 7.99. The SMILES string of the molecule is CCC(CC)c1nn(-c2ccccc2C(F)(F)F)c2c1CCN2. The minimum absolute atomic E-state index is 0.0860. The second-order valence-corrected chi connectivity index (χ2v) is 5.83. The molecule has 0 amide bonds. The van der Waals surface area contributed by atoms with Crippen LogP contribution >= 0.6 is 0 Å². The Morgan fingerprint density at radius 3 is 2.57 bits per heavy atom. The molecule has 0 saturated carbocycles. The van der Waals surface area contributed by atoms with E-state index in [1.807, 2.05) is 0 Å². The maximum absolute atomic E-state index is 13.3. The molecule has 1 aromatic carbocycles. The van der Waals surface area contributed by atoms with Crippen molar-refractivity contribution in [3.8, 4) is 5.69 Å². The molecule has 0 atom stereocenters. The molecule has 6 heteroatoms. The van der Waals surface area contributed by atoms with Gasteiger partial charge >= 0.3 is 6.18 Å². The molecule has 0 aliphatic carbocycles. The zero-order chi connectivity index (χ0) is 16.6. The second-order valence-electron chi connectivity index (χ2n) is 5.83. The van der Waals surface area contributed by atoms with Crippen molar-refractivity contribution in [3.05, 3.63) is 41.1 Å². The lowest BCUT2D eigenvalue weighted by molar-refractivity contribution is -0.137. The summed E-state index contributed by atoms with van der Waals surface area (Å²) in [4.78, 5) is 0. The van der Waals surface area contributed by atoms with Gasteiger partial charge in [0.15, 0.2) is 0 Å². The molecule has 2 heterocycles. The fourth-order valence-electron chi connectivity index (χ4n) is 3.28. The third kappa shape index (κ3) is 2.71. The quantitative estimate of drug-likeness (QED) is 0.879. The number of hydrogen-bond donors (Lipinski definition) is 1. The lowest BCUT2D eigenvalue weighted by atomic mass is 9.96. The maximum atomic E-state index is 13.3. The minimum Gasteiger partial charge on any atom is -0.369 e. The molecule has 3 rings (SSSR count). The Labute approximate surface area is 133 Å². The van der Waals surface area contributed by atoms with Crippen LogP contribution in [0.15, 0.2) is 24.3 Å². The first-order chi connectivity index (χ1) is 11.0. The van der Waals surface area contributed by atoms with E-state index in [0.717, 1.165) is 43.1 Å². The molecule has 2 aromatic rings. The average Bonchev–Trinajstić information content (AvgIpc) is 3.11. The van der Waals surface area contributed by atoms with Crippen molar-refractivity contribution in [3.63, 3.8) is 0 Å². The van der Waals surface area contributed by atoms with Crippen molar-refractivity contribution in [1.29, 1.82) is 0 Å². The van der Waals surface area contributed by atoms with E-state index in [4.69, 9.17) is 0 Å². The summed E-state index contributed by atoms with van der Waals surface area (Å²) in [5.74, 6) is 0.992. The summed E-state index contributed by atoms with van der Waals surface area (Å²) in [5, 5.41) is 7.77. The molecule has 0 radical (unpaired) electrons. The normalized spacial score (nSPS) is 14.2. The molecule has 1 aromatic heterocycles. The molecule has 0 spiro atoms. The van der Waals surface area contributed by atoms with Gasteiger partial charge in [0.25, 0.3) is 0 Å². The van der Waals surface area contributed by atoms with Crippen molar-refractivity contribution in [1.82, 2.24) is 9.78 Å². The second kappa shape index (κ2) is 5.91. The fourth-order valence-corrected chi connectivity index (χ4v) is 3.28. The highest BCUT2D eigenvalue weighted by Crippen LogP contribution is 2.39. The van der Waals surface area contributed by atoms with Crippen LogP contribution in [0.25, 0.3) is 5.69 Å². The summed E-state index contributed by atoms with van der Waals surface area (Å²) in [6.07, 6.45) is -1.72. The Morgan fingerprint density at radius 2 is 1.91 bits per heavy atom. The standard InChI is InChI=1S/C17H20F3N3/c1-3-11(4-2)15-12-9-10-21-16(12)23(22-15)14-8-6-5-7-13(14)17(18,19)20/h5-8,11,21H,3-4,9-10H2,1-2H3. The number of anilines is 1. The molecule has 1 aliphatic heterocycles. The van der Waals surface area contributed by atoms with Crippen LogP contribution in [0.3, 0.4) is 0 Å². The minimum atomic E-state index is -4.40. The average molecular weight is 323 g/mol. The van der Waals surface area contributed by atoms with E-state index in [-0.39, 0.29) is 11.6 Å². The van der Waals surface area contributed by atoms with Crippen LogP contribution in [0.2, 0.25) is 0 Å². The van der Waals surface area contributed by atoms with E-state index < -0.39 is 11.7 Å². The molecular formula is C17H20F3N3. The van der Waals surface area contributed by atoms with Gasteiger partial charge < -0.3 is 5.32 Å². The van der Waals surface area contributed by atoms with Gasteiger partial charge in [-0.25, -0.2) is 4.68 Å². The maximum Gasteiger partial charge on any atom is 0.418 e. The van der Waals surface area contributed by atoms with Gasteiger partial charge in [-0.15, -0.1) is 0 Å². The van der Waals surface area contributed by atoms with Gasteiger partial charge in [-0.2, -0.15) is 18.3 Å². The molecular weight excluding hydrogens is 303 g/mol. The topological polar surface area (TPSA) is 29.9 Å². The Morgan fingerprint density at radius 1 is 1.22 bits per heavy atom. The number of para-hydroxylation sites is 1. The van der Waals surface area contributed by atoms with Gasteiger partial charge in [0.05, 0.1) is 16.9 Å². The summed E-state index contributed by atoms with van der Waals surface area (Å²) in [6, 6.07) is 5.61. The van der Waals surface area contributed by atoms with Crippen molar-refractivity contribution in [2.45, 2.75) is 45.2 Å². The number of fused-ring (bicyclic) bond motifs is 1. The third-order valence-electron chi connectivity index (χ3n) is 4.49. The van der Waals surface area contributed by atoms with E-state index in [1.54, 1.807) is 6.07 Å². The highest BCUT2D eigenvalue weighted by Gasteiger charge is 2.35. The lowest BCUT2D eigenvalue weighted by Crippen LogP contribution is -2.13. The molecule has 0 bridgehead atoms. The number of rotatable bonds is 4. The predicted octanol–water partition coefficient (Wildman–Crippen LogP) is 4.76. The van der Waals surface area contributed by atoms with Crippen LogP contribution in [-0.4, -0.2) is 16.3 Å². The van der Waals surface area contributed by atoms with Crippen LogP contribution in [-0.2, 0) is 12.6 Å². The Balaban J connectivity index is 2.18. The first-order valence-electron chi connectivity index (χ1n) is 7.99. The summed E-state index contributed by atoms with van der Waals surface area (Å²) in [5.41, 5.74) is 1.43. The van der Waals surface area contributed by atoms with Crippen molar-refractivity contribution in [2.24, 2.45) is 0 Å². The largest absolute Gasteiger partial charge is 0.418 e. The molecule has 1 aliphatic rings. The van der Waals surface area contributed by atoms with Gasteiger partial charge in [-0.1, -0.05) is 26.0 Å². The highest BCUT2D eigenvalue weighted by molar-refractivity contribution is 5.59. The van der Waals surface area contributed by atoms with Crippen molar-refractivity contribution >= 4 is 5.82 Å². The van der Waals surface area contributed by atoms with Crippen molar-refractivity contribution < 1.29 is 13.2 Å². The monoisotopic (exact) mass is 323 g/mol. The van der Waals surface area contributed by atoms with Crippen LogP contribution in [0.5, 0.6) is 0 Å². The van der Waals surface area contributed by atoms with E-state index in [9.17, 15) is 13.2 Å². The number of hydrogen-bond acceptors (Lipinski definition) is 2. The van der Waals surface area contributed by atoms with E-state index in [1.165, 1.54) is 16.8 Å². The Bertz CT molecular complexity index is 700. The molecule has 1 N–H and O–H groups in total. The number of halogens is 3. The number of nitrogens with one attached hydrogen (secondary N) is 1. The van der Waals surface area contributed by atoms with Crippen LogP contribution < -0.4 is 5.32 Å². The zero-order valence-electron chi connectivity index (χ0n) is 13.2. The van der Waals surface area contributed by atoms with Gasteiger partial charge in [0.1, 0.15) is 5.82 Å². The van der Waals surface area contributed by atoms with Gasteiger partial charge in [-0.05, 0) is 31.4 Å². The predicted molar refractivity (Wildman–Crippen MR) is 84.1 cm³/mol.